The van der Waals surface area contributed by atoms with Gasteiger partial charge in [0.1, 0.15) is 18.1 Å². The fourth-order valence-corrected chi connectivity index (χ4v) is 1.54. The van der Waals surface area contributed by atoms with Crippen molar-refractivity contribution in [2.45, 2.75) is 13.5 Å². The second-order valence-corrected chi connectivity index (χ2v) is 3.97. The van der Waals surface area contributed by atoms with Crippen molar-refractivity contribution in [2.24, 2.45) is 0 Å². The number of phenols is 1. The summed E-state index contributed by atoms with van der Waals surface area (Å²) >= 11 is 0. The van der Waals surface area contributed by atoms with Crippen molar-refractivity contribution in [1.82, 2.24) is 0 Å². The largest absolute Gasteiger partial charge is 0.508 e. The van der Waals surface area contributed by atoms with Crippen LogP contribution in [0.1, 0.15) is 11.1 Å². The van der Waals surface area contributed by atoms with E-state index in [-0.39, 0.29) is 5.75 Å². The first kappa shape index (κ1) is 11.3. The van der Waals surface area contributed by atoms with E-state index in [0.29, 0.717) is 6.61 Å². The molecule has 2 aromatic carbocycles. The summed E-state index contributed by atoms with van der Waals surface area (Å²) in [5.41, 5.74) is 8.66. The quantitative estimate of drug-likeness (QED) is 0.796. The number of nitrogen functional groups attached to an aromatic ring is 1. The van der Waals surface area contributed by atoms with Crippen LogP contribution in [-0.4, -0.2) is 5.11 Å². The van der Waals surface area contributed by atoms with Crippen LogP contribution < -0.4 is 10.5 Å². The third kappa shape index (κ3) is 2.91. The van der Waals surface area contributed by atoms with Crippen LogP contribution in [0.25, 0.3) is 0 Å². The topological polar surface area (TPSA) is 55.5 Å². The first-order valence-electron chi connectivity index (χ1n) is 5.42. The first-order chi connectivity index (χ1) is 8.15. The van der Waals surface area contributed by atoms with Gasteiger partial charge in [-0.2, -0.15) is 0 Å². The maximum atomic E-state index is 9.14. The Hall–Kier alpha value is -2.16. The second-order valence-electron chi connectivity index (χ2n) is 3.97. The van der Waals surface area contributed by atoms with Crippen molar-refractivity contribution in [3.8, 4) is 11.5 Å². The van der Waals surface area contributed by atoms with Gasteiger partial charge in [-0.25, -0.2) is 0 Å². The van der Waals surface area contributed by atoms with Crippen molar-refractivity contribution in [3.05, 3.63) is 53.6 Å². The number of anilines is 1. The molecule has 2 aromatic rings. The van der Waals surface area contributed by atoms with Gasteiger partial charge in [-0.1, -0.05) is 12.1 Å². The molecule has 0 aliphatic carbocycles. The predicted octanol–water partition coefficient (Wildman–Crippen LogP) is 2.86. The van der Waals surface area contributed by atoms with E-state index < -0.39 is 0 Å². The number of phenolic OH excluding ortho intramolecular Hbond substituents is 1. The van der Waals surface area contributed by atoms with Gasteiger partial charge in [-0.3, -0.25) is 0 Å². The monoisotopic (exact) mass is 229 g/mol. The molecule has 0 saturated carbocycles. The highest BCUT2D eigenvalue weighted by Crippen LogP contribution is 2.18. The van der Waals surface area contributed by atoms with E-state index in [4.69, 9.17) is 15.6 Å². The van der Waals surface area contributed by atoms with Crippen LogP contribution in [0.4, 0.5) is 5.69 Å². The summed E-state index contributed by atoms with van der Waals surface area (Å²) in [7, 11) is 0. The second kappa shape index (κ2) is 4.78. The molecule has 2 rings (SSSR count). The molecule has 0 fully saturated rings. The number of aromatic hydroxyl groups is 1. The maximum absolute atomic E-state index is 9.14. The molecule has 88 valence electrons. The van der Waals surface area contributed by atoms with E-state index in [1.54, 1.807) is 24.3 Å². The number of hydrogen-bond acceptors (Lipinski definition) is 3. The van der Waals surface area contributed by atoms with Gasteiger partial charge in [0.2, 0.25) is 0 Å². The molecule has 3 N–H and O–H groups in total. The van der Waals surface area contributed by atoms with Gasteiger partial charge in [-0.15, -0.1) is 0 Å². The van der Waals surface area contributed by atoms with Crippen LogP contribution in [0.3, 0.4) is 0 Å². The molecule has 0 aromatic heterocycles. The van der Waals surface area contributed by atoms with Gasteiger partial charge in [0.05, 0.1) is 0 Å². The number of benzene rings is 2. The minimum Gasteiger partial charge on any atom is -0.508 e. The molecule has 0 unspecified atom stereocenters. The molecule has 0 aliphatic rings. The summed E-state index contributed by atoms with van der Waals surface area (Å²) in [4.78, 5) is 0. The van der Waals surface area contributed by atoms with E-state index in [2.05, 4.69) is 0 Å². The third-order valence-electron chi connectivity index (χ3n) is 2.58. The minimum atomic E-state index is 0.237. The Bertz CT molecular complexity index is 506. The van der Waals surface area contributed by atoms with Crippen LogP contribution in [0.2, 0.25) is 0 Å². The number of rotatable bonds is 3. The molecule has 0 atom stereocenters. The first-order valence-corrected chi connectivity index (χ1v) is 5.42. The standard InChI is InChI=1S/C14H15NO2/c1-10-8-11(2-7-14(10)15)9-17-13-5-3-12(16)4-6-13/h2-8,16H,9,15H2,1H3. The predicted molar refractivity (Wildman–Crippen MR) is 68.0 cm³/mol. The van der Waals surface area contributed by atoms with Crippen molar-refractivity contribution < 1.29 is 9.84 Å². The Morgan fingerprint density at radius 3 is 2.47 bits per heavy atom. The number of ether oxygens (including phenoxy) is 1. The highest BCUT2D eigenvalue weighted by molar-refractivity contribution is 5.47. The van der Waals surface area contributed by atoms with Gasteiger partial charge >= 0.3 is 0 Å². The molecule has 0 spiro atoms. The molecule has 0 heterocycles. The molecule has 0 amide bonds. The lowest BCUT2D eigenvalue weighted by Gasteiger charge is -2.08. The van der Waals surface area contributed by atoms with Crippen molar-refractivity contribution in [3.63, 3.8) is 0 Å². The molecule has 0 radical (unpaired) electrons. The SMILES string of the molecule is Cc1cc(COc2ccc(O)cc2)ccc1N. The van der Waals surface area contributed by atoms with Gasteiger partial charge in [-0.05, 0) is 48.4 Å². The average molecular weight is 229 g/mol. The summed E-state index contributed by atoms with van der Waals surface area (Å²) in [5, 5.41) is 9.14. The molecule has 3 heteroatoms. The fourth-order valence-electron chi connectivity index (χ4n) is 1.54. The summed E-state index contributed by atoms with van der Waals surface area (Å²) < 4.78 is 5.59. The molecular weight excluding hydrogens is 214 g/mol. The van der Waals surface area contributed by atoms with Gasteiger partial charge in [0, 0.05) is 5.69 Å². The Morgan fingerprint density at radius 1 is 1.12 bits per heavy atom. The number of hydrogen-bond donors (Lipinski definition) is 2. The van der Waals surface area contributed by atoms with Crippen LogP contribution >= 0.6 is 0 Å². The van der Waals surface area contributed by atoms with Gasteiger partial charge in [0.15, 0.2) is 0 Å². The molecule has 0 aliphatic heterocycles. The van der Waals surface area contributed by atoms with Crippen LogP contribution in [0.15, 0.2) is 42.5 Å². The van der Waals surface area contributed by atoms with E-state index in [1.165, 1.54) is 0 Å². The van der Waals surface area contributed by atoms with Gasteiger partial charge < -0.3 is 15.6 Å². The van der Waals surface area contributed by atoms with Gasteiger partial charge in [0.25, 0.3) is 0 Å². The highest BCUT2D eigenvalue weighted by Gasteiger charge is 1.99. The maximum Gasteiger partial charge on any atom is 0.120 e. The Morgan fingerprint density at radius 2 is 1.82 bits per heavy atom. The van der Waals surface area contributed by atoms with Crippen LogP contribution in [0.5, 0.6) is 11.5 Å². The smallest absolute Gasteiger partial charge is 0.120 e. The molecule has 0 saturated heterocycles. The number of aryl methyl sites for hydroxylation is 1. The normalized spacial score (nSPS) is 10.2. The lowest BCUT2D eigenvalue weighted by atomic mass is 10.1. The Kier molecular flexibility index (Phi) is 3.19. The van der Waals surface area contributed by atoms with Crippen molar-refractivity contribution in [1.29, 1.82) is 0 Å². The summed E-state index contributed by atoms with van der Waals surface area (Å²) in [6.45, 7) is 2.46. The van der Waals surface area contributed by atoms with E-state index in [9.17, 15) is 0 Å². The minimum absolute atomic E-state index is 0.237. The fraction of sp³-hybridized carbons (Fsp3) is 0.143. The van der Waals surface area contributed by atoms with E-state index >= 15 is 0 Å². The van der Waals surface area contributed by atoms with Crippen LogP contribution in [0, 0.1) is 6.92 Å². The van der Waals surface area contributed by atoms with E-state index in [0.717, 1.165) is 22.6 Å². The Labute approximate surface area is 100 Å². The highest BCUT2D eigenvalue weighted by atomic mass is 16.5. The third-order valence-corrected chi connectivity index (χ3v) is 2.58. The lowest BCUT2D eigenvalue weighted by Crippen LogP contribution is -1.97. The summed E-state index contributed by atoms with van der Waals surface area (Å²) in [6.07, 6.45) is 0. The zero-order chi connectivity index (χ0) is 12.3. The molecular formula is C14H15NO2. The van der Waals surface area contributed by atoms with Crippen LogP contribution in [-0.2, 0) is 6.61 Å². The summed E-state index contributed by atoms with van der Waals surface area (Å²) in [6, 6.07) is 12.5. The summed E-state index contributed by atoms with van der Waals surface area (Å²) in [5.74, 6) is 0.970. The Balaban J connectivity index is 2.02. The lowest BCUT2D eigenvalue weighted by molar-refractivity contribution is 0.305. The number of nitrogens with two attached hydrogens (primary N) is 1. The van der Waals surface area contributed by atoms with E-state index in [1.807, 2.05) is 25.1 Å². The molecule has 0 bridgehead atoms. The zero-order valence-corrected chi connectivity index (χ0v) is 9.68. The average Bonchev–Trinajstić information content (AvgIpc) is 2.33. The van der Waals surface area contributed by atoms with Crippen molar-refractivity contribution in [2.75, 3.05) is 5.73 Å². The molecule has 3 nitrogen and oxygen atoms in total. The van der Waals surface area contributed by atoms with Crippen molar-refractivity contribution >= 4 is 5.69 Å². The molecule has 17 heavy (non-hydrogen) atoms. The zero-order valence-electron chi connectivity index (χ0n) is 9.68.